The number of nitrogens with zero attached hydrogens (tertiary/aromatic N) is 6. The first kappa shape index (κ1) is 22.3. The summed E-state index contributed by atoms with van der Waals surface area (Å²) in [5, 5.41) is 4.89. The minimum atomic E-state index is -1.21. The third-order valence-electron chi connectivity index (χ3n) is 5.72. The van der Waals surface area contributed by atoms with Crippen LogP contribution in [0.5, 0.6) is 11.6 Å². The number of hydrogen-bond donors (Lipinski definition) is 1. The molecule has 1 amide bonds. The van der Waals surface area contributed by atoms with Gasteiger partial charge in [-0.1, -0.05) is 12.6 Å². The molecule has 1 aliphatic rings. The number of ether oxygens (including phenoxy) is 1. The molecular weight excluding hydrogens is 463 g/mol. The zero-order valence-electron chi connectivity index (χ0n) is 18.2. The fourth-order valence-electron chi connectivity index (χ4n) is 4.04. The maximum atomic E-state index is 15.1. The molecule has 1 fully saturated rings. The van der Waals surface area contributed by atoms with Gasteiger partial charge in [-0.2, -0.15) is 18.9 Å². The number of hydrogen-bond acceptors (Lipinski definition) is 7. The summed E-state index contributed by atoms with van der Waals surface area (Å²) < 4.78 is 49.3. The summed E-state index contributed by atoms with van der Waals surface area (Å²) in [7, 11) is 0. The van der Waals surface area contributed by atoms with Crippen molar-refractivity contribution in [2.24, 2.45) is 0 Å². The minimum absolute atomic E-state index is 0.0145. The van der Waals surface area contributed by atoms with Crippen LogP contribution in [0.1, 0.15) is 12.5 Å². The van der Waals surface area contributed by atoms with Crippen molar-refractivity contribution in [1.82, 2.24) is 29.6 Å². The number of nitrogen functional groups attached to an aromatic ring is 1. The Hall–Kier alpha value is -4.48. The van der Waals surface area contributed by atoms with Gasteiger partial charge in [-0.05, 0) is 30.7 Å². The van der Waals surface area contributed by atoms with E-state index in [1.807, 2.05) is 0 Å². The quantitative estimate of drug-likeness (QED) is 0.342. The lowest BCUT2D eigenvalue weighted by Crippen LogP contribution is -2.27. The van der Waals surface area contributed by atoms with Crippen molar-refractivity contribution in [2.75, 3.05) is 18.8 Å². The minimum Gasteiger partial charge on any atom is -0.436 e. The Labute approximate surface area is 196 Å². The van der Waals surface area contributed by atoms with Crippen molar-refractivity contribution in [2.45, 2.75) is 12.5 Å². The maximum absolute atomic E-state index is 15.1. The summed E-state index contributed by atoms with van der Waals surface area (Å²) in [6.45, 7) is 4.39. The van der Waals surface area contributed by atoms with Crippen LogP contribution in [-0.4, -0.2) is 48.6 Å². The molecule has 0 radical (unpaired) electrons. The molecule has 0 aliphatic carbocycles. The number of amides is 1. The zero-order valence-corrected chi connectivity index (χ0v) is 18.2. The predicted octanol–water partition coefficient (Wildman–Crippen LogP) is 3.64. The zero-order chi connectivity index (χ0) is 24.7. The average molecular weight is 481 g/mol. The highest BCUT2D eigenvalue weighted by Crippen LogP contribution is 2.35. The molecule has 9 nitrogen and oxygen atoms in total. The Morgan fingerprint density at radius 3 is 2.80 bits per heavy atom. The molecule has 0 bridgehead atoms. The van der Waals surface area contributed by atoms with Gasteiger partial charge in [0, 0.05) is 19.2 Å². The number of carbonyl (C=O) groups is 1. The van der Waals surface area contributed by atoms with Gasteiger partial charge < -0.3 is 15.4 Å². The molecule has 1 atom stereocenters. The van der Waals surface area contributed by atoms with E-state index in [1.54, 1.807) is 9.58 Å². The second-order valence-electron chi connectivity index (χ2n) is 7.82. The standard InChI is InChI=1S/C23H18F3N7O2/c1-2-17(34)32-9-8-12(10-32)33-23-18(22(27)28-11-29-23)20(31-33)13-6-7-16(30-21(13)26)35-15-5-3-4-14(24)19(15)25/h2-7,11-12H,1,8-10H2,(H2,27,28,29). The number of anilines is 1. The van der Waals surface area contributed by atoms with E-state index in [-0.39, 0.29) is 34.9 Å². The molecule has 1 aromatic carbocycles. The second kappa shape index (κ2) is 8.70. The van der Waals surface area contributed by atoms with Gasteiger partial charge in [-0.25, -0.2) is 19.0 Å². The Morgan fingerprint density at radius 1 is 1.20 bits per heavy atom. The third-order valence-corrected chi connectivity index (χ3v) is 5.72. The molecule has 4 heterocycles. The van der Waals surface area contributed by atoms with Crippen molar-refractivity contribution in [3.63, 3.8) is 0 Å². The van der Waals surface area contributed by atoms with Gasteiger partial charge in [0.25, 0.3) is 0 Å². The Kier molecular flexibility index (Phi) is 5.55. The van der Waals surface area contributed by atoms with Crippen molar-refractivity contribution in [3.8, 4) is 22.9 Å². The van der Waals surface area contributed by atoms with Gasteiger partial charge >= 0.3 is 0 Å². The van der Waals surface area contributed by atoms with Crippen LogP contribution in [0, 0.1) is 17.6 Å². The van der Waals surface area contributed by atoms with Crippen LogP contribution in [0.15, 0.2) is 49.3 Å². The number of fused-ring (bicyclic) bond motifs is 1. The fourth-order valence-corrected chi connectivity index (χ4v) is 4.04. The molecule has 0 spiro atoms. The van der Waals surface area contributed by atoms with Crippen LogP contribution >= 0.6 is 0 Å². The summed E-state index contributed by atoms with van der Waals surface area (Å²) in [4.78, 5) is 25.7. The van der Waals surface area contributed by atoms with Crippen LogP contribution in [0.4, 0.5) is 19.0 Å². The van der Waals surface area contributed by atoms with Gasteiger partial charge in [0.2, 0.25) is 23.6 Å². The first-order valence-electron chi connectivity index (χ1n) is 10.6. The molecule has 5 rings (SSSR count). The highest BCUT2D eigenvalue weighted by atomic mass is 19.2. The SMILES string of the molecule is C=CC(=O)N1CCC(n2nc(-c3ccc(Oc4cccc(F)c4F)nc3F)c3c(N)ncnc32)C1. The smallest absolute Gasteiger partial charge is 0.246 e. The van der Waals surface area contributed by atoms with Gasteiger partial charge in [-0.3, -0.25) is 4.79 Å². The van der Waals surface area contributed by atoms with Crippen molar-refractivity contribution >= 4 is 22.8 Å². The predicted molar refractivity (Wildman–Crippen MR) is 120 cm³/mol. The van der Waals surface area contributed by atoms with Crippen LogP contribution in [0.3, 0.4) is 0 Å². The number of nitrogens with two attached hydrogens (primary N) is 1. The molecule has 2 N–H and O–H groups in total. The number of likely N-dealkylation sites (tertiary alicyclic amines) is 1. The summed E-state index contributed by atoms with van der Waals surface area (Å²) >= 11 is 0. The van der Waals surface area contributed by atoms with Crippen molar-refractivity contribution in [3.05, 3.63) is 66.9 Å². The van der Waals surface area contributed by atoms with E-state index in [0.717, 1.165) is 6.07 Å². The van der Waals surface area contributed by atoms with Crippen LogP contribution < -0.4 is 10.5 Å². The van der Waals surface area contributed by atoms with E-state index in [2.05, 4.69) is 26.6 Å². The molecule has 35 heavy (non-hydrogen) atoms. The molecule has 1 unspecified atom stereocenters. The lowest BCUT2D eigenvalue weighted by atomic mass is 10.1. The van der Waals surface area contributed by atoms with Crippen molar-refractivity contribution < 1.29 is 22.7 Å². The number of carbonyl (C=O) groups excluding carboxylic acids is 1. The van der Waals surface area contributed by atoms with Crippen LogP contribution in [0.25, 0.3) is 22.3 Å². The van der Waals surface area contributed by atoms with Gasteiger partial charge in [0.05, 0.1) is 17.0 Å². The van der Waals surface area contributed by atoms with Crippen LogP contribution in [-0.2, 0) is 4.79 Å². The van der Waals surface area contributed by atoms with E-state index in [0.29, 0.717) is 30.5 Å². The number of pyridine rings is 1. The first-order valence-corrected chi connectivity index (χ1v) is 10.6. The molecule has 1 saturated heterocycles. The maximum Gasteiger partial charge on any atom is 0.246 e. The Bertz CT molecular complexity index is 1470. The normalized spacial score (nSPS) is 15.5. The number of aromatic nitrogens is 5. The highest BCUT2D eigenvalue weighted by Gasteiger charge is 2.30. The first-order chi connectivity index (χ1) is 16.9. The lowest BCUT2D eigenvalue weighted by Gasteiger charge is -2.14. The van der Waals surface area contributed by atoms with E-state index < -0.39 is 23.3 Å². The van der Waals surface area contributed by atoms with Gasteiger partial charge in [0.15, 0.2) is 17.2 Å². The summed E-state index contributed by atoms with van der Waals surface area (Å²) in [5.41, 5.74) is 6.61. The molecule has 0 saturated carbocycles. The summed E-state index contributed by atoms with van der Waals surface area (Å²) in [6, 6.07) is 5.81. The largest absolute Gasteiger partial charge is 0.436 e. The molecule has 3 aromatic heterocycles. The van der Waals surface area contributed by atoms with E-state index in [9.17, 15) is 13.6 Å². The summed E-state index contributed by atoms with van der Waals surface area (Å²) in [6.07, 6.45) is 3.13. The van der Waals surface area contributed by atoms with Gasteiger partial charge in [0.1, 0.15) is 17.8 Å². The molecule has 12 heteroatoms. The molecule has 4 aromatic rings. The monoisotopic (exact) mass is 481 g/mol. The van der Waals surface area contributed by atoms with E-state index >= 15 is 4.39 Å². The second-order valence-corrected chi connectivity index (χ2v) is 7.82. The molecular formula is C23H18F3N7O2. The number of benzene rings is 1. The van der Waals surface area contributed by atoms with Crippen molar-refractivity contribution in [1.29, 1.82) is 0 Å². The average Bonchev–Trinajstić information content (AvgIpc) is 3.48. The highest BCUT2D eigenvalue weighted by molar-refractivity contribution is 5.98. The van der Waals surface area contributed by atoms with E-state index in [1.165, 1.54) is 36.7 Å². The Morgan fingerprint density at radius 2 is 2.03 bits per heavy atom. The number of rotatable bonds is 5. The van der Waals surface area contributed by atoms with Gasteiger partial charge in [-0.15, -0.1) is 0 Å². The lowest BCUT2D eigenvalue weighted by molar-refractivity contribution is -0.125. The fraction of sp³-hybridized carbons (Fsp3) is 0.174. The van der Waals surface area contributed by atoms with E-state index in [4.69, 9.17) is 10.5 Å². The third kappa shape index (κ3) is 3.92. The summed E-state index contributed by atoms with van der Waals surface area (Å²) in [5.74, 6) is -4.10. The molecule has 1 aliphatic heterocycles. The topological polar surface area (TPSA) is 112 Å². The number of halogens is 3. The molecule has 178 valence electrons. The Balaban J connectivity index is 1.53. The van der Waals surface area contributed by atoms with Crippen LogP contribution in [0.2, 0.25) is 0 Å².